The third kappa shape index (κ3) is 3.61. The molecule has 9 nitrogen and oxygen atoms in total. The first-order valence-corrected chi connectivity index (χ1v) is 7.91. The van der Waals surface area contributed by atoms with Crippen LogP contribution in [0.25, 0.3) is 10.8 Å². The Balaban J connectivity index is 1.79. The molecule has 0 aliphatic carbocycles. The number of carbonyl (C=O) groups is 2. The molecule has 0 saturated heterocycles. The lowest BCUT2D eigenvalue weighted by molar-refractivity contribution is -0.141. The summed E-state index contributed by atoms with van der Waals surface area (Å²) in [6.07, 6.45) is 2.97. The third-order valence-electron chi connectivity index (χ3n) is 3.96. The lowest BCUT2D eigenvalue weighted by Gasteiger charge is -2.14. The van der Waals surface area contributed by atoms with Crippen LogP contribution < -0.4 is 10.9 Å². The molecule has 134 valence electrons. The van der Waals surface area contributed by atoms with Crippen LogP contribution in [0.2, 0.25) is 0 Å². The van der Waals surface area contributed by atoms with Crippen LogP contribution in [0.3, 0.4) is 0 Å². The van der Waals surface area contributed by atoms with Crippen molar-refractivity contribution < 1.29 is 14.7 Å². The Bertz CT molecular complexity index is 1010. The molecule has 3 rings (SSSR count). The molecule has 0 unspecified atom stereocenters. The minimum absolute atomic E-state index is 0.0557. The molecule has 26 heavy (non-hydrogen) atoms. The van der Waals surface area contributed by atoms with E-state index in [1.54, 1.807) is 31.2 Å². The van der Waals surface area contributed by atoms with Gasteiger partial charge in [0.25, 0.3) is 5.56 Å². The SMILES string of the molecule is Cc1nn(CC(=O)N[C@@H](Cc2cnc[nH]2)C(=O)O)c(=O)c2ccccc12. The topological polar surface area (TPSA) is 130 Å². The summed E-state index contributed by atoms with van der Waals surface area (Å²) in [7, 11) is 0. The Morgan fingerprint density at radius 1 is 1.31 bits per heavy atom. The number of amides is 1. The highest BCUT2D eigenvalue weighted by atomic mass is 16.4. The van der Waals surface area contributed by atoms with Gasteiger partial charge in [-0.2, -0.15) is 5.10 Å². The van der Waals surface area contributed by atoms with Gasteiger partial charge in [-0.3, -0.25) is 9.59 Å². The summed E-state index contributed by atoms with van der Waals surface area (Å²) in [5.74, 6) is -1.79. The van der Waals surface area contributed by atoms with Crippen molar-refractivity contribution in [3.8, 4) is 0 Å². The highest BCUT2D eigenvalue weighted by molar-refractivity contribution is 5.85. The van der Waals surface area contributed by atoms with E-state index in [0.717, 1.165) is 10.1 Å². The Kier molecular flexibility index (Phi) is 4.78. The number of H-pyrrole nitrogens is 1. The number of rotatable bonds is 6. The zero-order valence-corrected chi connectivity index (χ0v) is 14.0. The monoisotopic (exact) mass is 355 g/mol. The standard InChI is InChI=1S/C17H17N5O4/c1-10-12-4-2-3-5-13(12)16(24)22(21-10)8-15(23)20-14(17(25)26)6-11-7-18-9-19-11/h2-5,7,9,14H,6,8H2,1H3,(H,18,19)(H,20,23)(H,25,26)/t14-/m0/s1. The lowest BCUT2D eigenvalue weighted by atomic mass is 10.1. The molecular weight excluding hydrogens is 338 g/mol. The number of carbonyl (C=O) groups excluding carboxylic acids is 1. The van der Waals surface area contributed by atoms with Crippen molar-refractivity contribution >= 4 is 22.6 Å². The fourth-order valence-electron chi connectivity index (χ4n) is 2.70. The number of nitrogens with one attached hydrogen (secondary N) is 2. The molecule has 0 aliphatic rings. The summed E-state index contributed by atoms with van der Waals surface area (Å²) in [5.41, 5.74) is 0.788. The molecule has 3 N–H and O–H groups in total. The van der Waals surface area contributed by atoms with Gasteiger partial charge in [0, 0.05) is 23.7 Å². The third-order valence-corrected chi connectivity index (χ3v) is 3.96. The molecule has 0 bridgehead atoms. The van der Waals surface area contributed by atoms with Crippen molar-refractivity contribution in [3.05, 3.63) is 58.5 Å². The van der Waals surface area contributed by atoms with Gasteiger partial charge in [0.1, 0.15) is 12.6 Å². The van der Waals surface area contributed by atoms with Crippen molar-refractivity contribution in [1.82, 2.24) is 25.1 Å². The van der Waals surface area contributed by atoms with E-state index in [1.165, 1.54) is 12.5 Å². The number of aliphatic carboxylic acids is 1. The van der Waals surface area contributed by atoms with Gasteiger partial charge in [0.15, 0.2) is 0 Å². The largest absolute Gasteiger partial charge is 0.480 e. The Hall–Kier alpha value is -3.49. The van der Waals surface area contributed by atoms with E-state index in [1.807, 2.05) is 0 Å². The quantitative estimate of drug-likeness (QED) is 0.581. The summed E-state index contributed by atoms with van der Waals surface area (Å²) in [5, 5.41) is 17.0. The molecule has 0 saturated carbocycles. The molecule has 2 heterocycles. The van der Waals surface area contributed by atoms with Crippen molar-refractivity contribution in [1.29, 1.82) is 0 Å². The molecule has 1 atom stereocenters. The van der Waals surface area contributed by atoms with Gasteiger partial charge in [-0.1, -0.05) is 18.2 Å². The summed E-state index contributed by atoms with van der Waals surface area (Å²) in [6.45, 7) is 1.38. The van der Waals surface area contributed by atoms with Gasteiger partial charge in [-0.15, -0.1) is 0 Å². The average Bonchev–Trinajstić information content (AvgIpc) is 3.12. The molecule has 3 aromatic rings. The normalized spacial score (nSPS) is 12.0. The van der Waals surface area contributed by atoms with Crippen LogP contribution in [0.1, 0.15) is 11.4 Å². The second kappa shape index (κ2) is 7.18. The first-order valence-electron chi connectivity index (χ1n) is 7.91. The van der Waals surface area contributed by atoms with Crippen LogP contribution in [0.15, 0.2) is 41.6 Å². The van der Waals surface area contributed by atoms with Crippen molar-refractivity contribution in [2.75, 3.05) is 0 Å². The Morgan fingerprint density at radius 2 is 2.04 bits per heavy atom. The summed E-state index contributed by atoms with van der Waals surface area (Å²) >= 11 is 0. The number of carboxylic acids is 1. The second-order valence-electron chi connectivity index (χ2n) is 5.83. The number of fused-ring (bicyclic) bond motifs is 1. The van der Waals surface area contributed by atoms with Gasteiger partial charge in [0.2, 0.25) is 5.91 Å². The van der Waals surface area contributed by atoms with Gasteiger partial charge in [0.05, 0.1) is 17.4 Å². The Labute approximate surface area is 147 Å². The Morgan fingerprint density at radius 3 is 2.69 bits per heavy atom. The first kappa shape index (κ1) is 17.3. The number of aryl methyl sites for hydroxylation is 1. The van der Waals surface area contributed by atoms with Crippen LogP contribution >= 0.6 is 0 Å². The molecule has 1 amide bonds. The van der Waals surface area contributed by atoms with Crippen LogP contribution in [0.5, 0.6) is 0 Å². The zero-order chi connectivity index (χ0) is 18.7. The fraction of sp³-hybridized carbons (Fsp3) is 0.235. The minimum atomic E-state index is -1.18. The maximum Gasteiger partial charge on any atom is 0.326 e. The second-order valence-corrected chi connectivity index (χ2v) is 5.83. The maximum absolute atomic E-state index is 12.5. The molecule has 0 radical (unpaired) electrons. The lowest BCUT2D eigenvalue weighted by Crippen LogP contribution is -2.45. The van der Waals surface area contributed by atoms with Gasteiger partial charge < -0.3 is 15.4 Å². The van der Waals surface area contributed by atoms with E-state index in [-0.39, 0.29) is 13.0 Å². The average molecular weight is 355 g/mol. The zero-order valence-electron chi connectivity index (χ0n) is 14.0. The van der Waals surface area contributed by atoms with Gasteiger partial charge in [-0.25, -0.2) is 14.5 Å². The van der Waals surface area contributed by atoms with Crippen LogP contribution in [0.4, 0.5) is 0 Å². The molecule has 9 heteroatoms. The van der Waals surface area contributed by atoms with Crippen molar-refractivity contribution in [2.45, 2.75) is 25.9 Å². The van der Waals surface area contributed by atoms with Crippen molar-refractivity contribution in [2.24, 2.45) is 0 Å². The van der Waals surface area contributed by atoms with Gasteiger partial charge >= 0.3 is 5.97 Å². The number of imidazole rings is 1. The number of carboxylic acid groups (broad SMARTS) is 1. The predicted molar refractivity (Wildman–Crippen MR) is 92.6 cm³/mol. The number of hydrogen-bond donors (Lipinski definition) is 3. The summed E-state index contributed by atoms with van der Waals surface area (Å²) in [6, 6.07) is 5.85. The highest BCUT2D eigenvalue weighted by Gasteiger charge is 2.22. The molecule has 2 aromatic heterocycles. The van der Waals surface area contributed by atoms with Crippen molar-refractivity contribution in [3.63, 3.8) is 0 Å². The van der Waals surface area contributed by atoms with E-state index in [4.69, 9.17) is 0 Å². The maximum atomic E-state index is 12.5. The van der Waals surface area contributed by atoms with E-state index >= 15 is 0 Å². The molecule has 1 aromatic carbocycles. The van der Waals surface area contributed by atoms with Gasteiger partial charge in [-0.05, 0) is 13.0 Å². The molecular formula is C17H17N5O4. The number of aromatic amines is 1. The predicted octanol–water partition coefficient (Wildman–Crippen LogP) is 0.240. The summed E-state index contributed by atoms with van der Waals surface area (Å²) < 4.78 is 1.04. The minimum Gasteiger partial charge on any atom is -0.480 e. The number of aromatic nitrogens is 4. The van der Waals surface area contributed by atoms with E-state index in [9.17, 15) is 19.5 Å². The smallest absolute Gasteiger partial charge is 0.326 e. The van der Waals surface area contributed by atoms with E-state index in [0.29, 0.717) is 16.8 Å². The van der Waals surface area contributed by atoms with Crippen LogP contribution in [-0.2, 0) is 22.6 Å². The van der Waals surface area contributed by atoms with E-state index < -0.39 is 23.5 Å². The number of nitrogens with zero attached hydrogens (tertiary/aromatic N) is 3. The molecule has 0 fully saturated rings. The fourth-order valence-corrected chi connectivity index (χ4v) is 2.70. The summed E-state index contributed by atoms with van der Waals surface area (Å²) in [4.78, 5) is 42.7. The van der Waals surface area contributed by atoms with Crippen LogP contribution in [-0.4, -0.2) is 42.8 Å². The first-order chi connectivity index (χ1) is 12.5. The number of benzene rings is 1. The highest BCUT2D eigenvalue weighted by Crippen LogP contribution is 2.11. The molecule has 0 spiro atoms. The van der Waals surface area contributed by atoms with E-state index in [2.05, 4.69) is 20.4 Å². The molecule has 0 aliphatic heterocycles. The number of hydrogen-bond acceptors (Lipinski definition) is 5. The van der Waals surface area contributed by atoms with Crippen LogP contribution in [0, 0.1) is 6.92 Å².